The molecule has 132 valence electrons. The standard InChI is InChI=1S/C19H23FN4O/c1-10-17-14(11(7-21)4-16(25)24(17)13-2-3-13)5-15(20)18(10)23-8-12-6-19(12,22)9-23/h4-5,12-13H,2-3,6-9,21-22H2,1H3. The van der Waals surface area contributed by atoms with Crippen LogP contribution in [0.3, 0.4) is 0 Å². The summed E-state index contributed by atoms with van der Waals surface area (Å²) < 4.78 is 16.9. The molecule has 0 radical (unpaired) electrons. The SMILES string of the molecule is Cc1c(N2CC3CC3(N)C2)c(F)cc2c(CN)cc(=O)n(C3CC3)c12. The van der Waals surface area contributed by atoms with Crippen LogP contribution in [0.2, 0.25) is 0 Å². The zero-order chi connectivity index (χ0) is 17.5. The summed E-state index contributed by atoms with van der Waals surface area (Å²) in [6.07, 6.45) is 3.03. The predicted octanol–water partition coefficient (Wildman–Crippen LogP) is 1.78. The molecule has 3 fully saturated rings. The number of rotatable bonds is 3. The van der Waals surface area contributed by atoms with Gasteiger partial charge < -0.3 is 20.9 Å². The number of hydrogen-bond donors (Lipinski definition) is 2. The minimum absolute atomic E-state index is 0.0318. The van der Waals surface area contributed by atoms with Crippen molar-refractivity contribution in [3.63, 3.8) is 0 Å². The van der Waals surface area contributed by atoms with E-state index >= 15 is 4.39 Å². The van der Waals surface area contributed by atoms with E-state index in [0.717, 1.165) is 42.3 Å². The lowest BCUT2D eigenvalue weighted by Gasteiger charge is -2.26. The maximum absolute atomic E-state index is 15.1. The van der Waals surface area contributed by atoms with Crippen LogP contribution in [0.1, 0.15) is 36.4 Å². The number of aryl methyl sites for hydroxylation is 1. The quantitative estimate of drug-likeness (QED) is 0.891. The molecule has 1 aromatic heterocycles. The summed E-state index contributed by atoms with van der Waals surface area (Å²) in [6, 6.07) is 3.36. The summed E-state index contributed by atoms with van der Waals surface area (Å²) in [6.45, 7) is 3.63. The van der Waals surface area contributed by atoms with Crippen molar-refractivity contribution in [2.75, 3.05) is 18.0 Å². The van der Waals surface area contributed by atoms with Gasteiger partial charge in [0.15, 0.2) is 0 Å². The number of nitrogens with two attached hydrogens (primary N) is 2. The highest BCUT2D eigenvalue weighted by atomic mass is 19.1. The Morgan fingerprint density at radius 1 is 1.36 bits per heavy atom. The summed E-state index contributed by atoms with van der Waals surface area (Å²) in [5.41, 5.74) is 15.0. The molecule has 0 bridgehead atoms. The van der Waals surface area contributed by atoms with E-state index in [1.54, 1.807) is 12.1 Å². The molecule has 6 heteroatoms. The number of aromatic nitrogens is 1. The van der Waals surface area contributed by atoms with Crippen molar-refractivity contribution in [1.82, 2.24) is 4.57 Å². The second-order valence-electron chi connectivity index (χ2n) is 8.06. The Morgan fingerprint density at radius 3 is 2.72 bits per heavy atom. The summed E-state index contributed by atoms with van der Waals surface area (Å²) in [7, 11) is 0. The first-order valence-corrected chi connectivity index (χ1v) is 9.04. The zero-order valence-electron chi connectivity index (χ0n) is 14.4. The third-order valence-corrected chi connectivity index (χ3v) is 6.24. The van der Waals surface area contributed by atoms with Crippen molar-refractivity contribution < 1.29 is 4.39 Å². The second kappa shape index (κ2) is 4.83. The van der Waals surface area contributed by atoms with Gasteiger partial charge in [-0.2, -0.15) is 0 Å². The van der Waals surface area contributed by atoms with Crippen LogP contribution < -0.4 is 21.9 Å². The zero-order valence-corrected chi connectivity index (χ0v) is 14.4. The Hall–Kier alpha value is -1.92. The summed E-state index contributed by atoms with van der Waals surface area (Å²) in [5, 5.41) is 0.763. The number of benzene rings is 1. The van der Waals surface area contributed by atoms with E-state index in [9.17, 15) is 4.79 Å². The molecule has 1 saturated heterocycles. The van der Waals surface area contributed by atoms with Crippen molar-refractivity contribution in [3.05, 3.63) is 39.4 Å². The number of pyridine rings is 1. The molecule has 1 aliphatic heterocycles. The molecule has 2 unspecified atom stereocenters. The first-order chi connectivity index (χ1) is 11.9. The molecule has 25 heavy (non-hydrogen) atoms. The number of piperidine rings is 1. The molecule has 2 aliphatic carbocycles. The summed E-state index contributed by atoms with van der Waals surface area (Å²) in [5.74, 6) is 0.216. The van der Waals surface area contributed by atoms with Gasteiger partial charge in [-0.3, -0.25) is 4.79 Å². The molecule has 3 aliphatic rings. The number of hydrogen-bond acceptors (Lipinski definition) is 4. The van der Waals surface area contributed by atoms with Crippen LogP contribution in [-0.4, -0.2) is 23.2 Å². The van der Waals surface area contributed by atoms with E-state index < -0.39 is 0 Å². The summed E-state index contributed by atoms with van der Waals surface area (Å²) >= 11 is 0. The molecule has 2 atom stereocenters. The van der Waals surface area contributed by atoms with E-state index in [0.29, 0.717) is 23.7 Å². The van der Waals surface area contributed by atoms with Crippen LogP contribution in [0.4, 0.5) is 10.1 Å². The molecule has 0 spiro atoms. The molecule has 4 N–H and O–H groups in total. The highest BCUT2D eigenvalue weighted by molar-refractivity contribution is 5.90. The van der Waals surface area contributed by atoms with E-state index in [2.05, 4.69) is 4.90 Å². The van der Waals surface area contributed by atoms with Crippen molar-refractivity contribution in [2.45, 2.75) is 44.3 Å². The van der Waals surface area contributed by atoms with Gasteiger partial charge in [0.1, 0.15) is 5.82 Å². The average molecular weight is 342 g/mol. The van der Waals surface area contributed by atoms with Crippen LogP contribution >= 0.6 is 0 Å². The monoisotopic (exact) mass is 342 g/mol. The largest absolute Gasteiger partial charge is 0.367 e. The smallest absolute Gasteiger partial charge is 0.251 e. The molecule has 2 heterocycles. The van der Waals surface area contributed by atoms with Gasteiger partial charge in [0.2, 0.25) is 0 Å². The van der Waals surface area contributed by atoms with E-state index in [4.69, 9.17) is 11.5 Å². The minimum Gasteiger partial charge on any atom is -0.367 e. The maximum Gasteiger partial charge on any atom is 0.251 e. The Morgan fingerprint density at radius 2 is 2.12 bits per heavy atom. The molecule has 0 amide bonds. The predicted molar refractivity (Wildman–Crippen MR) is 96.3 cm³/mol. The van der Waals surface area contributed by atoms with Gasteiger partial charge in [-0.25, -0.2) is 4.39 Å². The number of nitrogens with zero attached hydrogens (tertiary/aromatic N) is 2. The maximum atomic E-state index is 15.1. The van der Waals surface area contributed by atoms with Crippen LogP contribution in [0.5, 0.6) is 0 Å². The van der Waals surface area contributed by atoms with Crippen LogP contribution in [0.25, 0.3) is 10.9 Å². The Labute approximate surface area is 145 Å². The lowest BCUT2D eigenvalue weighted by atomic mass is 10.0. The van der Waals surface area contributed by atoms with Crippen LogP contribution in [0.15, 0.2) is 16.9 Å². The van der Waals surface area contributed by atoms with Gasteiger partial charge in [-0.05, 0) is 49.3 Å². The Kier molecular flexibility index (Phi) is 2.96. The molecular weight excluding hydrogens is 319 g/mol. The fourth-order valence-electron chi connectivity index (χ4n) is 4.67. The van der Waals surface area contributed by atoms with Crippen molar-refractivity contribution in [1.29, 1.82) is 0 Å². The highest BCUT2D eigenvalue weighted by Crippen LogP contribution is 2.50. The van der Waals surface area contributed by atoms with E-state index in [1.165, 1.54) is 0 Å². The van der Waals surface area contributed by atoms with Crippen molar-refractivity contribution in [3.8, 4) is 0 Å². The highest BCUT2D eigenvalue weighted by Gasteiger charge is 2.57. The number of halogens is 1. The second-order valence-corrected chi connectivity index (χ2v) is 8.06. The van der Waals surface area contributed by atoms with Crippen molar-refractivity contribution >= 4 is 16.6 Å². The molecule has 1 aromatic carbocycles. The van der Waals surface area contributed by atoms with Gasteiger partial charge in [-0.15, -0.1) is 0 Å². The van der Waals surface area contributed by atoms with Crippen LogP contribution in [-0.2, 0) is 6.54 Å². The minimum atomic E-state index is -0.245. The third-order valence-electron chi connectivity index (χ3n) is 6.24. The van der Waals surface area contributed by atoms with E-state index in [1.807, 2.05) is 11.5 Å². The number of anilines is 1. The van der Waals surface area contributed by atoms with Gasteiger partial charge in [0, 0.05) is 42.7 Å². The lowest BCUT2D eigenvalue weighted by Crippen LogP contribution is -2.34. The van der Waals surface area contributed by atoms with Crippen LogP contribution in [0, 0.1) is 18.7 Å². The van der Waals surface area contributed by atoms with Gasteiger partial charge >= 0.3 is 0 Å². The Balaban J connectivity index is 1.77. The Bertz CT molecular complexity index is 964. The third kappa shape index (κ3) is 2.10. The molecule has 5 nitrogen and oxygen atoms in total. The van der Waals surface area contributed by atoms with Gasteiger partial charge in [-0.1, -0.05) is 0 Å². The number of fused-ring (bicyclic) bond motifs is 2. The first kappa shape index (κ1) is 15.3. The fourth-order valence-corrected chi connectivity index (χ4v) is 4.67. The molecular formula is C19H23FN4O. The summed E-state index contributed by atoms with van der Waals surface area (Å²) in [4.78, 5) is 14.7. The normalized spacial score (nSPS) is 27.8. The lowest BCUT2D eigenvalue weighted by molar-refractivity contribution is 0.615. The van der Waals surface area contributed by atoms with Gasteiger partial charge in [0.05, 0.1) is 11.2 Å². The fraction of sp³-hybridized carbons (Fsp3) is 0.526. The van der Waals surface area contributed by atoms with Gasteiger partial charge in [0.25, 0.3) is 5.56 Å². The van der Waals surface area contributed by atoms with E-state index in [-0.39, 0.29) is 29.5 Å². The molecule has 5 rings (SSSR count). The molecule has 2 aromatic rings. The topological polar surface area (TPSA) is 77.3 Å². The first-order valence-electron chi connectivity index (χ1n) is 9.04. The molecule has 2 saturated carbocycles. The van der Waals surface area contributed by atoms with Crippen molar-refractivity contribution in [2.24, 2.45) is 17.4 Å². The average Bonchev–Trinajstić information content (AvgIpc) is 3.46.